The second-order valence-corrected chi connectivity index (χ2v) is 9.39. The van der Waals surface area contributed by atoms with Gasteiger partial charge in [0.25, 0.3) is 0 Å². The van der Waals surface area contributed by atoms with Crippen molar-refractivity contribution in [2.45, 2.75) is 46.3 Å². The summed E-state index contributed by atoms with van der Waals surface area (Å²) in [7, 11) is -1.27. The summed E-state index contributed by atoms with van der Waals surface area (Å²) in [5.41, 5.74) is 2.18. The number of hydrogen-bond acceptors (Lipinski definition) is 1. The molecule has 0 N–H and O–H groups in total. The van der Waals surface area contributed by atoms with Crippen LogP contribution >= 0.6 is 0 Å². The van der Waals surface area contributed by atoms with E-state index in [1.165, 1.54) is 12.5 Å². The van der Waals surface area contributed by atoms with Crippen LogP contribution < -0.4 is 0 Å². The van der Waals surface area contributed by atoms with Crippen LogP contribution in [0.5, 0.6) is 0 Å². The fourth-order valence-electron chi connectivity index (χ4n) is 1.67. The normalized spacial score (nSPS) is 12.1. The molecule has 0 unspecified atom stereocenters. The third-order valence-corrected chi connectivity index (χ3v) is 5.50. The second kappa shape index (κ2) is 6.83. The van der Waals surface area contributed by atoms with Crippen LogP contribution in [0, 0.1) is 0 Å². The Kier molecular flexibility index (Phi) is 6.57. The molecular weight excluding hydrogens is 202 g/mol. The Morgan fingerprint density at radius 2 is 1.73 bits per heavy atom. The lowest BCUT2D eigenvalue weighted by Gasteiger charge is -2.19. The maximum atomic E-state index is 11.7. The summed E-state index contributed by atoms with van der Waals surface area (Å²) in [5, 5.41) is 0. The zero-order valence-corrected chi connectivity index (χ0v) is 11.8. The van der Waals surface area contributed by atoms with E-state index in [0.29, 0.717) is 0 Å². The first kappa shape index (κ1) is 14.4. The molecule has 15 heavy (non-hydrogen) atoms. The molecule has 0 bridgehead atoms. The van der Waals surface area contributed by atoms with E-state index in [1.54, 1.807) is 6.08 Å². The van der Waals surface area contributed by atoms with E-state index in [1.807, 2.05) is 18.7 Å². The monoisotopic (exact) mass is 227 g/mol. The fourth-order valence-corrected chi connectivity index (χ4v) is 3.71. The van der Waals surface area contributed by atoms with Crippen molar-refractivity contribution in [3.63, 3.8) is 0 Å². The molecule has 0 aliphatic heterocycles. The number of hydrogen-bond donors (Lipinski definition) is 0. The summed E-state index contributed by atoms with van der Waals surface area (Å²) in [6.07, 6.45) is 3.00. The number of likely N-dealkylation sites (N-methyl/N-ethyl adjacent to an activating group) is 1. The van der Waals surface area contributed by atoms with Crippen LogP contribution in [0.1, 0.15) is 27.2 Å². The Hall–Kier alpha value is -0.573. The minimum absolute atomic E-state index is 0.164. The van der Waals surface area contributed by atoms with Crippen LogP contribution in [-0.2, 0) is 4.79 Å². The fraction of sp³-hybridized carbons (Fsp3) is 0.750. The summed E-state index contributed by atoms with van der Waals surface area (Å²) in [6, 6.07) is 1.26. The van der Waals surface area contributed by atoms with Gasteiger partial charge in [0.1, 0.15) is 0 Å². The maximum absolute atomic E-state index is 11.7. The van der Waals surface area contributed by atoms with E-state index in [2.05, 4.69) is 25.7 Å². The van der Waals surface area contributed by atoms with E-state index in [-0.39, 0.29) is 5.91 Å². The number of carbonyl (C=O) groups is 1. The van der Waals surface area contributed by atoms with Gasteiger partial charge in [-0.05, 0) is 19.9 Å². The molecule has 0 rings (SSSR count). The summed E-state index contributed by atoms with van der Waals surface area (Å²) in [5.74, 6) is 0.164. The molecule has 0 saturated heterocycles. The SMILES string of the molecule is CCC[Si](C)(C)/C=C/C(=O)N(CC)CC. The quantitative estimate of drug-likeness (QED) is 0.504. The largest absolute Gasteiger partial charge is 0.340 e. The van der Waals surface area contributed by atoms with Crippen LogP contribution in [-0.4, -0.2) is 32.0 Å². The molecule has 0 heterocycles. The van der Waals surface area contributed by atoms with Crippen molar-refractivity contribution < 1.29 is 4.79 Å². The van der Waals surface area contributed by atoms with Gasteiger partial charge in [0.2, 0.25) is 5.91 Å². The molecular formula is C12H25NOSi. The van der Waals surface area contributed by atoms with Crippen molar-refractivity contribution in [3.05, 3.63) is 11.8 Å². The molecule has 0 aromatic rings. The average Bonchev–Trinajstić information content (AvgIpc) is 2.17. The molecule has 0 fully saturated rings. The van der Waals surface area contributed by atoms with Crippen molar-refractivity contribution in [2.24, 2.45) is 0 Å². The van der Waals surface area contributed by atoms with E-state index < -0.39 is 8.07 Å². The van der Waals surface area contributed by atoms with E-state index in [0.717, 1.165) is 13.1 Å². The van der Waals surface area contributed by atoms with Crippen molar-refractivity contribution >= 4 is 14.0 Å². The van der Waals surface area contributed by atoms with Gasteiger partial charge >= 0.3 is 0 Å². The van der Waals surface area contributed by atoms with Crippen molar-refractivity contribution in [1.82, 2.24) is 4.90 Å². The molecule has 0 aromatic heterocycles. The van der Waals surface area contributed by atoms with Gasteiger partial charge in [0.05, 0.1) is 8.07 Å². The highest BCUT2D eigenvalue weighted by Crippen LogP contribution is 2.13. The molecule has 0 radical (unpaired) electrons. The van der Waals surface area contributed by atoms with Gasteiger partial charge in [-0.1, -0.05) is 38.2 Å². The maximum Gasteiger partial charge on any atom is 0.245 e. The molecule has 0 saturated carbocycles. The Bertz CT molecular complexity index is 220. The highest BCUT2D eigenvalue weighted by molar-refractivity contribution is 6.82. The van der Waals surface area contributed by atoms with Gasteiger partial charge in [-0.15, -0.1) is 0 Å². The summed E-state index contributed by atoms with van der Waals surface area (Å²) in [6.45, 7) is 12.5. The first-order valence-corrected chi connectivity index (χ1v) is 9.23. The minimum atomic E-state index is -1.27. The minimum Gasteiger partial charge on any atom is -0.340 e. The Morgan fingerprint density at radius 3 is 2.13 bits per heavy atom. The van der Waals surface area contributed by atoms with Gasteiger partial charge in [-0.3, -0.25) is 4.79 Å². The molecule has 1 amide bonds. The zero-order chi connectivity index (χ0) is 11.9. The van der Waals surface area contributed by atoms with Gasteiger partial charge in [-0.25, -0.2) is 0 Å². The lowest BCUT2D eigenvalue weighted by Crippen LogP contribution is -2.30. The smallest absolute Gasteiger partial charge is 0.245 e. The summed E-state index contributed by atoms with van der Waals surface area (Å²) < 4.78 is 0. The molecule has 88 valence electrons. The van der Waals surface area contributed by atoms with Crippen LogP contribution in [0.2, 0.25) is 19.1 Å². The lowest BCUT2D eigenvalue weighted by atomic mass is 10.4. The van der Waals surface area contributed by atoms with Crippen molar-refractivity contribution in [3.8, 4) is 0 Å². The first-order valence-electron chi connectivity index (χ1n) is 5.95. The Morgan fingerprint density at radius 1 is 1.20 bits per heavy atom. The average molecular weight is 227 g/mol. The van der Waals surface area contributed by atoms with Crippen LogP contribution in [0.4, 0.5) is 0 Å². The lowest BCUT2D eigenvalue weighted by molar-refractivity contribution is -0.125. The third kappa shape index (κ3) is 5.77. The third-order valence-electron chi connectivity index (χ3n) is 2.65. The number of carbonyl (C=O) groups excluding carboxylic acids is 1. The molecule has 0 aliphatic carbocycles. The predicted octanol–water partition coefficient (Wildman–Crippen LogP) is 3.07. The van der Waals surface area contributed by atoms with Gasteiger partial charge in [0, 0.05) is 13.1 Å². The molecule has 2 nitrogen and oxygen atoms in total. The van der Waals surface area contributed by atoms with Crippen molar-refractivity contribution in [1.29, 1.82) is 0 Å². The predicted molar refractivity (Wildman–Crippen MR) is 69.6 cm³/mol. The molecule has 0 aliphatic rings. The highest BCUT2D eigenvalue weighted by atomic mass is 28.3. The molecule has 0 atom stereocenters. The van der Waals surface area contributed by atoms with Crippen LogP contribution in [0.15, 0.2) is 11.8 Å². The Balaban J connectivity index is 4.32. The second-order valence-electron chi connectivity index (χ2n) is 4.58. The number of nitrogens with zero attached hydrogens (tertiary/aromatic N) is 1. The molecule has 3 heteroatoms. The van der Waals surface area contributed by atoms with E-state index in [9.17, 15) is 4.79 Å². The van der Waals surface area contributed by atoms with Gasteiger partial charge in [0.15, 0.2) is 0 Å². The summed E-state index contributed by atoms with van der Waals surface area (Å²) >= 11 is 0. The topological polar surface area (TPSA) is 20.3 Å². The molecule has 0 spiro atoms. The molecule has 0 aromatic carbocycles. The van der Waals surface area contributed by atoms with Gasteiger partial charge < -0.3 is 4.90 Å². The highest BCUT2D eigenvalue weighted by Gasteiger charge is 2.16. The van der Waals surface area contributed by atoms with Gasteiger partial charge in [-0.2, -0.15) is 0 Å². The van der Waals surface area contributed by atoms with Crippen LogP contribution in [0.3, 0.4) is 0 Å². The summed E-state index contributed by atoms with van der Waals surface area (Å²) in [4.78, 5) is 13.6. The van der Waals surface area contributed by atoms with E-state index in [4.69, 9.17) is 0 Å². The van der Waals surface area contributed by atoms with Crippen LogP contribution in [0.25, 0.3) is 0 Å². The zero-order valence-electron chi connectivity index (χ0n) is 10.8. The Labute approximate surface area is 95.4 Å². The van der Waals surface area contributed by atoms with E-state index >= 15 is 0 Å². The first-order chi connectivity index (χ1) is 6.96. The number of amides is 1. The number of rotatable bonds is 6. The standard InChI is InChI=1S/C12H25NOSi/c1-6-10-15(4,5)11-9-12(14)13(7-2)8-3/h9,11H,6-8,10H2,1-5H3/b11-9+. The van der Waals surface area contributed by atoms with Crippen molar-refractivity contribution in [2.75, 3.05) is 13.1 Å².